The number of methoxy groups -OCH3 is 1. The Morgan fingerprint density at radius 2 is 1.84 bits per heavy atom. The maximum atomic E-state index is 12.2. The van der Waals surface area contributed by atoms with Gasteiger partial charge in [0, 0.05) is 30.5 Å². The summed E-state index contributed by atoms with van der Waals surface area (Å²) in [7, 11) is 1.41. The Bertz CT molecular complexity index is 640. The topological polar surface area (TPSA) is 92.7 Å². The molecule has 2 rings (SSSR count). The van der Waals surface area contributed by atoms with Crippen LogP contribution in [-0.4, -0.2) is 37.0 Å². The molecule has 25 heavy (non-hydrogen) atoms. The number of carboxylic acid groups (broad SMARTS) is 1. The molecule has 1 aromatic carbocycles. The third kappa shape index (κ3) is 6.31. The van der Waals surface area contributed by atoms with Crippen LogP contribution in [0.4, 0.5) is 0 Å². The molecule has 0 N–H and O–H groups in total. The number of rotatable bonds is 4. The number of piperidine rings is 1. The van der Waals surface area contributed by atoms with Gasteiger partial charge < -0.3 is 24.6 Å². The summed E-state index contributed by atoms with van der Waals surface area (Å²) in [6, 6.07) is 4.56. The summed E-state index contributed by atoms with van der Waals surface area (Å²) in [6.07, 6.45) is 3.79. The van der Waals surface area contributed by atoms with Crippen molar-refractivity contribution in [3.63, 3.8) is 0 Å². The fourth-order valence-electron chi connectivity index (χ4n) is 2.49. The van der Waals surface area contributed by atoms with Gasteiger partial charge >= 0.3 is 59.1 Å². The molecule has 1 aromatic rings. The minimum atomic E-state index is -1.06. The predicted octanol–water partition coefficient (Wildman–Crippen LogP) is -5.83. The molecule has 1 saturated heterocycles. The summed E-state index contributed by atoms with van der Waals surface area (Å²) < 4.78 is 4.95. The summed E-state index contributed by atoms with van der Waals surface area (Å²) >= 11 is 0. The molecular formula is C17H19NNa2O5. The Labute approximate surface area is 191 Å². The molecular weight excluding hydrogens is 344 g/mol. The first kappa shape index (κ1) is 24.5. The van der Waals surface area contributed by atoms with Crippen molar-refractivity contribution in [3.8, 4) is 11.5 Å². The van der Waals surface area contributed by atoms with Crippen LogP contribution in [0.1, 0.15) is 25.3 Å². The van der Waals surface area contributed by atoms with Gasteiger partial charge in [-0.25, -0.2) is 0 Å². The number of carbonyl (C=O) groups is 2. The van der Waals surface area contributed by atoms with Gasteiger partial charge in [0.15, 0.2) is 0 Å². The number of nitrogens with zero attached hydrogens (tertiary/aromatic N) is 1. The van der Waals surface area contributed by atoms with Crippen molar-refractivity contribution in [1.82, 2.24) is 4.90 Å². The maximum absolute atomic E-state index is 12.2. The van der Waals surface area contributed by atoms with E-state index in [0.29, 0.717) is 31.5 Å². The van der Waals surface area contributed by atoms with Gasteiger partial charge in [0.25, 0.3) is 0 Å². The van der Waals surface area contributed by atoms with E-state index in [2.05, 4.69) is 0 Å². The number of ether oxygens (including phenoxy) is 1. The van der Waals surface area contributed by atoms with E-state index in [9.17, 15) is 19.8 Å². The normalized spacial score (nSPS) is 15.8. The Morgan fingerprint density at radius 1 is 1.24 bits per heavy atom. The molecule has 1 heterocycles. The molecule has 6 nitrogen and oxygen atoms in total. The first-order valence-electron chi connectivity index (χ1n) is 7.39. The van der Waals surface area contributed by atoms with Crippen LogP contribution in [0.2, 0.25) is 0 Å². The van der Waals surface area contributed by atoms with Crippen molar-refractivity contribution < 1.29 is 83.7 Å². The molecule has 0 aliphatic carbocycles. The van der Waals surface area contributed by atoms with Crippen molar-refractivity contribution >= 4 is 18.0 Å². The standard InChI is InChI=1S/C17H21NO5.2Na/c1-17(16(21)22)7-9-18(10-8-17)15(20)6-4-12-3-5-13(19)14(11-12)23-2;;/h3-6,11,19H,7-10H2,1-2H3,(H,21,22);;/q;2*+1/p-2/b6-4+;;. The monoisotopic (exact) mass is 363 g/mol. The number of carbonyl (C=O) groups excluding carboxylic acids is 2. The Kier molecular flexibility index (Phi) is 10.4. The summed E-state index contributed by atoms with van der Waals surface area (Å²) in [5.41, 5.74) is -0.177. The van der Waals surface area contributed by atoms with Gasteiger partial charge in [-0.1, -0.05) is 24.8 Å². The second-order valence-corrected chi connectivity index (χ2v) is 5.92. The molecule has 0 bridgehead atoms. The zero-order valence-electron chi connectivity index (χ0n) is 15.2. The molecule has 0 spiro atoms. The van der Waals surface area contributed by atoms with E-state index in [1.165, 1.54) is 19.3 Å². The van der Waals surface area contributed by atoms with Crippen LogP contribution in [0.3, 0.4) is 0 Å². The van der Waals surface area contributed by atoms with Gasteiger partial charge in [-0.2, -0.15) is 0 Å². The zero-order chi connectivity index (χ0) is 17.0. The number of carboxylic acids is 1. The summed E-state index contributed by atoms with van der Waals surface area (Å²) in [5, 5.41) is 22.5. The van der Waals surface area contributed by atoms with Crippen LogP contribution < -0.4 is 74.1 Å². The van der Waals surface area contributed by atoms with Crippen molar-refractivity contribution in [2.24, 2.45) is 5.41 Å². The van der Waals surface area contributed by atoms with Gasteiger partial charge in [-0.3, -0.25) is 4.79 Å². The molecule has 1 aliphatic rings. The van der Waals surface area contributed by atoms with E-state index >= 15 is 0 Å². The number of benzene rings is 1. The van der Waals surface area contributed by atoms with Crippen molar-refractivity contribution in [2.75, 3.05) is 20.2 Å². The molecule has 124 valence electrons. The number of hydrogen-bond donors (Lipinski definition) is 0. The van der Waals surface area contributed by atoms with Gasteiger partial charge in [0.2, 0.25) is 5.91 Å². The van der Waals surface area contributed by atoms with Crippen LogP contribution in [0, 0.1) is 5.41 Å². The molecule has 0 saturated carbocycles. The fraction of sp³-hybridized carbons (Fsp3) is 0.412. The predicted molar refractivity (Wildman–Crippen MR) is 80.4 cm³/mol. The van der Waals surface area contributed by atoms with E-state index in [1.54, 1.807) is 30.0 Å². The van der Waals surface area contributed by atoms with Crippen LogP contribution in [0.25, 0.3) is 6.08 Å². The van der Waals surface area contributed by atoms with Crippen LogP contribution in [-0.2, 0) is 9.59 Å². The van der Waals surface area contributed by atoms with Crippen LogP contribution in [0.15, 0.2) is 24.3 Å². The maximum Gasteiger partial charge on any atom is 1.00 e. The fourth-order valence-corrected chi connectivity index (χ4v) is 2.49. The van der Waals surface area contributed by atoms with Crippen LogP contribution in [0.5, 0.6) is 11.5 Å². The van der Waals surface area contributed by atoms with Crippen molar-refractivity contribution in [1.29, 1.82) is 0 Å². The number of amides is 1. The quantitative estimate of drug-likeness (QED) is 0.393. The molecule has 1 amide bonds. The summed E-state index contributed by atoms with van der Waals surface area (Å²) in [4.78, 5) is 24.9. The number of aliphatic carboxylic acids is 1. The molecule has 1 fully saturated rings. The Hall–Kier alpha value is -0.500. The molecule has 0 atom stereocenters. The van der Waals surface area contributed by atoms with Gasteiger partial charge in [-0.05, 0) is 30.5 Å². The third-order valence-electron chi connectivity index (χ3n) is 4.28. The van der Waals surface area contributed by atoms with Crippen molar-refractivity contribution in [3.05, 3.63) is 29.8 Å². The Balaban J connectivity index is 0.00000288. The van der Waals surface area contributed by atoms with E-state index in [-0.39, 0.29) is 76.5 Å². The van der Waals surface area contributed by atoms with E-state index in [0.717, 1.165) is 0 Å². The third-order valence-corrected chi connectivity index (χ3v) is 4.28. The SMILES string of the molecule is COc1cc(/C=C/C(=O)N2CCC(C)(C(=O)[O-])CC2)ccc1[O-].[Na+].[Na+]. The van der Waals surface area contributed by atoms with Gasteiger partial charge in [0.05, 0.1) is 7.11 Å². The van der Waals surface area contributed by atoms with E-state index < -0.39 is 11.4 Å². The Morgan fingerprint density at radius 3 is 2.36 bits per heavy atom. The largest absolute Gasteiger partial charge is 1.00 e. The summed E-state index contributed by atoms with van der Waals surface area (Å²) in [5.74, 6) is -1.24. The second-order valence-electron chi connectivity index (χ2n) is 5.92. The number of hydrogen-bond acceptors (Lipinski definition) is 5. The minimum Gasteiger partial charge on any atom is -0.870 e. The van der Waals surface area contributed by atoms with Gasteiger partial charge in [-0.15, -0.1) is 0 Å². The molecule has 0 unspecified atom stereocenters. The molecule has 1 aliphatic heterocycles. The second kappa shape index (κ2) is 10.6. The van der Waals surface area contributed by atoms with E-state index in [4.69, 9.17) is 4.74 Å². The minimum absolute atomic E-state index is 0. The van der Waals surface area contributed by atoms with E-state index in [1.807, 2.05) is 0 Å². The summed E-state index contributed by atoms with van der Waals surface area (Å²) in [6.45, 7) is 2.42. The average molecular weight is 363 g/mol. The zero-order valence-corrected chi connectivity index (χ0v) is 19.2. The first-order chi connectivity index (χ1) is 10.9. The average Bonchev–Trinajstić information content (AvgIpc) is 2.54. The first-order valence-corrected chi connectivity index (χ1v) is 7.39. The smallest absolute Gasteiger partial charge is 0.870 e. The van der Waals surface area contributed by atoms with Gasteiger partial charge in [0.1, 0.15) is 5.75 Å². The van der Waals surface area contributed by atoms with Crippen LogP contribution >= 0.6 is 0 Å². The molecule has 0 radical (unpaired) electrons. The van der Waals surface area contributed by atoms with Crippen molar-refractivity contribution in [2.45, 2.75) is 19.8 Å². The molecule has 0 aromatic heterocycles. The number of likely N-dealkylation sites (tertiary alicyclic amines) is 1. The molecule has 8 heteroatoms.